The number of nitrogens with zero attached hydrogens (tertiary/aromatic N) is 3. The van der Waals surface area contributed by atoms with Gasteiger partial charge in [0.05, 0.1) is 48.2 Å². The molecule has 0 bridgehead atoms. The largest absolute Gasteiger partial charge is 0.458 e. The Bertz CT molecular complexity index is 3240. The highest BCUT2D eigenvalue weighted by Gasteiger charge is 2.44. The van der Waals surface area contributed by atoms with E-state index in [1.807, 2.05) is 0 Å². The number of hydrogen-bond donors (Lipinski definition) is 6. The smallest absolute Gasteiger partial charge is 0.342 e. The maximum Gasteiger partial charge on any atom is 0.342 e. The average Bonchev–Trinajstić information content (AvgIpc) is 4.00. The van der Waals surface area contributed by atoms with Crippen LogP contribution in [0.3, 0.4) is 0 Å². The van der Waals surface area contributed by atoms with E-state index in [1.54, 1.807) is 43.3 Å². The lowest BCUT2D eigenvalue weighted by Crippen LogP contribution is -2.51. The number of benzene rings is 2. The van der Waals surface area contributed by atoms with Crippen molar-refractivity contribution in [3.05, 3.63) is 110 Å². The fourth-order valence-corrected chi connectivity index (χ4v) is 11.2. The number of esters is 2. The Kier molecular flexibility index (Phi) is 17.3. The van der Waals surface area contributed by atoms with E-state index < -0.39 is 84.3 Å². The molecule has 1 fully saturated rings. The third kappa shape index (κ3) is 12.5. The molecule has 22 nitrogen and oxygen atoms in total. The molecule has 1 saturated carbocycles. The van der Waals surface area contributed by atoms with E-state index in [1.165, 1.54) is 29.7 Å². The zero-order valence-corrected chi connectivity index (χ0v) is 44.4. The zero-order chi connectivity index (χ0) is 56.8. The molecule has 2 aromatic heterocycles. The third-order valence-electron chi connectivity index (χ3n) is 15.6. The predicted octanol–water partition coefficient (Wildman–Crippen LogP) is 2.13. The normalized spacial score (nSPS) is 20.0. The molecule has 4 aromatic rings. The number of carbonyl (C=O) groups excluding carboxylic acids is 9. The number of nitrogens with one attached hydrogen (secondary N) is 5. The lowest BCUT2D eigenvalue weighted by molar-refractivity contribution is -0.169. The summed E-state index contributed by atoms with van der Waals surface area (Å²) in [6.07, 6.45) is 7.62. The number of pyridine rings is 2. The van der Waals surface area contributed by atoms with Gasteiger partial charge in [0, 0.05) is 60.0 Å². The minimum Gasteiger partial charge on any atom is -0.458 e. The number of hydrogen-bond acceptors (Lipinski definition) is 15. The van der Waals surface area contributed by atoms with Crippen LogP contribution in [0.5, 0.6) is 0 Å². The van der Waals surface area contributed by atoms with Gasteiger partial charge < -0.3 is 50.5 Å². The van der Waals surface area contributed by atoms with E-state index in [0.29, 0.717) is 98.0 Å². The molecule has 9 rings (SSSR count). The Morgan fingerprint density at radius 3 is 2.38 bits per heavy atom. The number of unbranched alkanes of at least 4 members (excludes halogenated alkanes) is 2. The van der Waals surface area contributed by atoms with Gasteiger partial charge in [-0.25, -0.2) is 14.2 Å². The van der Waals surface area contributed by atoms with Crippen LogP contribution in [0.4, 0.5) is 4.39 Å². The van der Waals surface area contributed by atoms with Crippen molar-refractivity contribution in [2.24, 2.45) is 11.8 Å². The minimum absolute atomic E-state index is 0.0559. The molecule has 5 heterocycles. The van der Waals surface area contributed by atoms with Gasteiger partial charge in [-0.3, -0.25) is 48.1 Å². The molecule has 3 aliphatic heterocycles. The highest BCUT2D eigenvalue weighted by Crippen LogP contribution is 2.46. The topological polar surface area (TPSA) is 300 Å². The molecule has 5 aliphatic rings. The summed E-state index contributed by atoms with van der Waals surface area (Å²) >= 11 is 0. The molecule has 2 aromatic carbocycles. The van der Waals surface area contributed by atoms with Gasteiger partial charge in [-0.1, -0.05) is 36.8 Å². The first-order chi connectivity index (χ1) is 38.4. The molecule has 0 radical (unpaired) electrons. The maximum atomic E-state index is 15.4. The van der Waals surface area contributed by atoms with Crippen molar-refractivity contribution in [1.29, 1.82) is 0 Å². The van der Waals surface area contributed by atoms with Crippen molar-refractivity contribution in [2.75, 3.05) is 39.6 Å². The summed E-state index contributed by atoms with van der Waals surface area (Å²) in [5, 5.41) is 25.3. The van der Waals surface area contributed by atoms with Crippen LogP contribution in [0.2, 0.25) is 0 Å². The Morgan fingerprint density at radius 1 is 0.875 bits per heavy atom. The molecule has 0 saturated heterocycles. The quantitative estimate of drug-likeness (QED) is 0.0250. The number of aliphatic hydroxyl groups is 1. The molecule has 3 atom stereocenters. The SMILES string of the molecule is Cc1c(F)cc2nc3c(c4c2c1CC[C@@H]4NC(=O)C1CCC(COCNC(=O)CNC(=O)[C@H](Cc2ccccc2)NC(=O)COC(=O)CNC(=O)CCCCCN2C(=O)C=CC2=O)CC1)Cn1c-3cc2c(c1=O)COC(=O)[C@@]2(C)O. The summed E-state index contributed by atoms with van der Waals surface area (Å²) < 4.78 is 32.9. The van der Waals surface area contributed by atoms with Crippen molar-refractivity contribution >= 4 is 64.2 Å². The number of rotatable bonds is 22. The third-order valence-corrected chi connectivity index (χ3v) is 15.6. The number of amides is 7. The predicted molar refractivity (Wildman–Crippen MR) is 282 cm³/mol. The van der Waals surface area contributed by atoms with E-state index in [0.717, 1.165) is 21.4 Å². The van der Waals surface area contributed by atoms with Crippen LogP contribution in [0.1, 0.15) is 110 Å². The molecule has 6 N–H and O–H groups in total. The van der Waals surface area contributed by atoms with Gasteiger partial charge in [0.2, 0.25) is 23.6 Å². The van der Waals surface area contributed by atoms with Gasteiger partial charge in [-0.15, -0.1) is 0 Å². The van der Waals surface area contributed by atoms with Crippen molar-refractivity contribution in [3.63, 3.8) is 0 Å². The summed E-state index contributed by atoms with van der Waals surface area (Å²) in [5.74, 6) is -5.66. The molecule has 23 heteroatoms. The van der Waals surface area contributed by atoms with Crippen LogP contribution < -0.4 is 32.1 Å². The van der Waals surface area contributed by atoms with Crippen LogP contribution in [0.15, 0.2) is 59.4 Å². The van der Waals surface area contributed by atoms with Gasteiger partial charge in [0.25, 0.3) is 23.3 Å². The number of carbonyl (C=O) groups is 9. The second kappa shape index (κ2) is 24.5. The van der Waals surface area contributed by atoms with Crippen molar-refractivity contribution < 1.29 is 66.9 Å². The van der Waals surface area contributed by atoms with Crippen LogP contribution >= 0.6 is 0 Å². The van der Waals surface area contributed by atoms with E-state index in [-0.39, 0.29) is 80.0 Å². The second-order valence-corrected chi connectivity index (χ2v) is 21.0. The Labute approximate surface area is 458 Å². The van der Waals surface area contributed by atoms with Crippen molar-refractivity contribution in [2.45, 2.75) is 115 Å². The highest BCUT2D eigenvalue weighted by molar-refractivity contribution is 6.12. The standard InChI is InChI=1S/C57H63FN8O14/c1-31-35-16-17-40(51-36-26-66-43(52(36)63-41(50(35)51)23-39(31)58)22-38-37(55(66)75)28-80-56(76)57(38,2)77)64-53(73)34-14-12-33(13-15-34)27-78-30-61-45(68)24-60-54(74)42(21-32-9-5-3-6-10-32)62-46(69)29-79-49(72)25-59-44(67)11-7-4-8-20-65-47(70)18-19-48(65)71/h3,5-6,9-10,18-19,22-23,33-34,40,42,77H,4,7-8,11-17,20-21,24-30H2,1-2H3,(H,59,67)(H,60,74)(H,61,68)(H,62,69)(H,64,73)/t33?,34?,40-,42-,57-/m0/s1. The fraction of sp³-hybridized carbons (Fsp3) is 0.456. The van der Waals surface area contributed by atoms with Gasteiger partial charge in [-0.2, -0.15) is 0 Å². The fourth-order valence-electron chi connectivity index (χ4n) is 11.2. The lowest BCUT2D eigenvalue weighted by Gasteiger charge is -2.32. The molecular weight excluding hydrogens is 1040 g/mol. The second-order valence-electron chi connectivity index (χ2n) is 21.0. The number of cyclic esters (lactones) is 1. The van der Waals surface area contributed by atoms with Crippen LogP contribution in [0, 0.1) is 24.6 Å². The summed E-state index contributed by atoms with van der Waals surface area (Å²) in [7, 11) is 0. The summed E-state index contributed by atoms with van der Waals surface area (Å²) in [6.45, 7) is 1.59. The summed E-state index contributed by atoms with van der Waals surface area (Å²) in [6, 6.07) is 10.2. The zero-order valence-electron chi connectivity index (χ0n) is 44.4. The summed E-state index contributed by atoms with van der Waals surface area (Å²) in [4.78, 5) is 133. The first kappa shape index (κ1) is 56.5. The van der Waals surface area contributed by atoms with Crippen molar-refractivity contribution in [3.8, 4) is 11.4 Å². The van der Waals surface area contributed by atoms with Crippen LogP contribution in [0.25, 0.3) is 22.3 Å². The molecule has 0 spiro atoms. The van der Waals surface area contributed by atoms with E-state index in [2.05, 4.69) is 26.6 Å². The van der Waals surface area contributed by atoms with Gasteiger partial charge >= 0.3 is 11.9 Å². The van der Waals surface area contributed by atoms with Gasteiger partial charge in [0.1, 0.15) is 31.7 Å². The first-order valence-electron chi connectivity index (χ1n) is 26.9. The maximum absolute atomic E-state index is 15.4. The van der Waals surface area contributed by atoms with Gasteiger partial charge in [0.15, 0.2) is 12.2 Å². The number of ether oxygens (including phenoxy) is 3. The Hall–Kier alpha value is -8.18. The molecule has 80 heavy (non-hydrogen) atoms. The number of aryl methyl sites for hydroxylation is 1. The lowest BCUT2D eigenvalue weighted by atomic mass is 9.80. The first-order valence-corrected chi connectivity index (χ1v) is 26.9. The van der Waals surface area contributed by atoms with E-state index in [9.17, 15) is 53.1 Å². The molecule has 7 amide bonds. The number of halogens is 1. The van der Waals surface area contributed by atoms with Crippen LogP contribution in [-0.4, -0.2) is 118 Å². The van der Waals surface area contributed by atoms with E-state index >= 15 is 4.39 Å². The monoisotopic (exact) mass is 1100 g/mol. The summed E-state index contributed by atoms with van der Waals surface area (Å²) in [5.41, 5.74) is 2.47. The molecular formula is C57H63FN8O14. The molecule has 422 valence electrons. The minimum atomic E-state index is -2.06. The average molecular weight is 1100 g/mol. The Morgan fingerprint density at radius 2 is 1.62 bits per heavy atom. The van der Waals surface area contributed by atoms with E-state index in [4.69, 9.17) is 19.2 Å². The number of aromatic nitrogens is 2. The van der Waals surface area contributed by atoms with Crippen LogP contribution in [-0.2, 0) is 89.0 Å². The molecule has 2 aliphatic carbocycles. The van der Waals surface area contributed by atoms with Gasteiger partial charge in [-0.05, 0) is 99.5 Å². The Balaban J connectivity index is 0.702. The highest BCUT2D eigenvalue weighted by atomic mass is 19.1. The van der Waals surface area contributed by atoms with Crippen molar-refractivity contribution in [1.82, 2.24) is 41.0 Å². The number of imide groups is 1. The number of fused-ring (bicyclic) bond motifs is 5. The molecule has 0 unspecified atom stereocenters.